The van der Waals surface area contributed by atoms with Gasteiger partial charge in [0, 0.05) is 93.0 Å². The van der Waals surface area contributed by atoms with Crippen molar-refractivity contribution in [1.82, 2.24) is 45.2 Å². The van der Waals surface area contributed by atoms with Crippen LogP contribution in [0, 0.1) is 27.7 Å². The fourth-order valence-corrected chi connectivity index (χ4v) is 13.2. The number of carboxylic acids is 4. The van der Waals surface area contributed by atoms with E-state index in [4.69, 9.17) is 19.9 Å². The molecule has 19 nitrogen and oxygen atoms in total. The number of carboxylic acid groups (broad SMARTS) is 4. The molecule has 16 bridgehead atoms. The van der Waals surface area contributed by atoms with E-state index in [1.165, 1.54) is 0 Å². The maximum Gasteiger partial charge on any atom is 0.303 e. The van der Waals surface area contributed by atoms with Crippen LogP contribution in [0.5, 0.6) is 0 Å². The summed E-state index contributed by atoms with van der Waals surface area (Å²) in [5.41, 5.74) is 23.3. The van der Waals surface area contributed by atoms with Crippen LogP contribution in [-0.2, 0) is 19.2 Å². The minimum absolute atomic E-state index is 0.128. The zero-order valence-electron chi connectivity index (χ0n) is 51.2. The number of aliphatic hydroxyl groups excluding tert-OH is 2. The van der Waals surface area contributed by atoms with Crippen molar-refractivity contribution in [2.24, 2.45) is 0 Å². The minimum atomic E-state index is -0.959. The van der Waals surface area contributed by atoms with Crippen LogP contribution >= 0.6 is 0 Å². The fourth-order valence-electron chi connectivity index (χ4n) is 13.2. The van der Waals surface area contributed by atoms with Crippen molar-refractivity contribution in [3.05, 3.63) is 139 Å². The standard InChI is InChI=1S/C68H75N9O10/c1-29-41(13-17-61(80)81)53-27-55-43(15-19-63(84)85)31(3)47(72-55)23-57-65(33(5)51(74-57)25-59-67(39(11)78)35(7)49(76-59)21-45(29)70-53)37(9)69-38(10)66-34(6)52-26-60-68(40(12)79)36(8)50(77-60)22-46-30(2)42(14-18-62(82)83)54(71-46)28-56-44(16-20-64(86)87)32(4)48(73-56)24-58(66)75-52/h21-28,37-40,69,74-79H,13-20H2,1-12H3,(H,80,81)(H,82,83)(H,84,85)(H,86,87). The average molecular weight is 1180 g/mol. The van der Waals surface area contributed by atoms with E-state index in [0.717, 1.165) is 111 Å². The van der Waals surface area contributed by atoms with Gasteiger partial charge in [0.15, 0.2) is 0 Å². The summed E-state index contributed by atoms with van der Waals surface area (Å²) < 4.78 is 0. The van der Waals surface area contributed by atoms with Crippen LogP contribution in [0.4, 0.5) is 0 Å². The average Bonchev–Trinajstić information content (AvgIpc) is 2.66. The Bertz CT molecular complexity index is 4150. The highest BCUT2D eigenvalue weighted by molar-refractivity contribution is 5.99. The number of aliphatic carboxylic acids is 4. The molecule has 0 aliphatic carbocycles. The number of carbonyl (C=O) groups is 4. The number of hydrogen-bond acceptors (Lipinski definition) is 11. The van der Waals surface area contributed by atoms with Gasteiger partial charge in [-0.2, -0.15) is 0 Å². The molecule has 0 spiro atoms. The summed E-state index contributed by atoms with van der Waals surface area (Å²) in [7, 11) is 0. The summed E-state index contributed by atoms with van der Waals surface area (Å²) in [5, 5.41) is 66.3. The molecule has 0 aromatic carbocycles. The zero-order chi connectivity index (χ0) is 62.8. The maximum atomic E-state index is 12.2. The van der Waals surface area contributed by atoms with Gasteiger partial charge >= 0.3 is 23.9 Å². The van der Waals surface area contributed by atoms with Crippen LogP contribution in [0.1, 0.15) is 221 Å². The Hall–Kier alpha value is -9.04. The number of allylic oxidation sites excluding steroid dienone is 8. The molecule has 11 N–H and O–H groups in total. The second kappa shape index (κ2) is 24.0. The lowest BCUT2D eigenvalue weighted by molar-refractivity contribution is -0.137. The van der Waals surface area contributed by atoms with Crippen molar-refractivity contribution in [1.29, 1.82) is 0 Å². The number of H-pyrrole nitrogens is 4. The van der Waals surface area contributed by atoms with E-state index in [-0.39, 0.29) is 63.5 Å². The van der Waals surface area contributed by atoms with Gasteiger partial charge in [-0.15, -0.1) is 0 Å². The largest absolute Gasteiger partial charge is 0.481 e. The van der Waals surface area contributed by atoms with Crippen LogP contribution < -0.4 is 5.32 Å². The van der Waals surface area contributed by atoms with Gasteiger partial charge in [-0.25, -0.2) is 19.9 Å². The van der Waals surface area contributed by atoms with Gasteiger partial charge in [0.25, 0.3) is 0 Å². The van der Waals surface area contributed by atoms with Gasteiger partial charge in [0.2, 0.25) is 0 Å². The van der Waals surface area contributed by atoms with Gasteiger partial charge in [-0.05, 0) is 235 Å². The molecule has 0 fully saturated rings. The van der Waals surface area contributed by atoms with Crippen molar-refractivity contribution in [3.63, 3.8) is 0 Å². The molecule has 10 heterocycles. The maximum absolute atomic E-state index is 12.2. The summed E-state index contributed by atoms with van der Waals surface area (Å²) in [6.07, 6.45) is -1.46. The van der Waals surface area contributed by atoms with Crippen molar-refractivity contribution >= 4 is 113 Å². The predicted octanol–water partition coefficient (Wildman–Crippen LogP) is 13.9. The summed E-state index contributed by atoms with van der Waals surface area (Å²) in [6, 6.07) is 14.7. The first-order valence-electron chi connectivity index (χ1n) is 29.5. The highest BCUT2D eigenvalue weighted by Gasteiger charge is 2.28. The first-order valence-corrected chi connectivity index (χ1v) is 29.5. The summed E-state index contributed by atoms with van der Waals surface area (Å²) >= 11 is 0. The molecular weight excluding hydrogens is 1100 g/mol. The Morgan fingerprint density at radius 1 is 0.356 bits per heavy atom. The molecule has 0 saturated heterocycles. The Labute approximate surface area is 502 Å². The van der Waals surface area contributed by atoms with Crippen LogP contribution in [-0.4, -0.2) is 94.4 Å². The Morgan fingerprint density at radius 2 is 0.586 bits per heavy atom. The third kappa shape index (κ3) is 11.9. The highest BCUT2D eigenvalue weighted by Crippen LogP contribution is 2.42. The molecule has 4 unspecified atom stereocenters. The number of aryl methyl sites for hydroxylation is 4. The number of rotatable bonds is 18. The van der Waals surface area contributed by atoms with E-state index < -0.39 is 36.1 Å². The third-order valence-corrected chi connectivity index (χ3v) is 17.8. The molecule has 6 aromatic rings. The number of fused-ring (bicyclic) bond motifs is 16. The lowest BCUT2D eigenvalue weighted by Gasteiger charge is -2.21. The molecular formula is C68H75N9O10. The molecule has 4 aliphatic rings. The van der Waals surface area contributed by atoms with E-state index in [1.807, 2.05) is 104 Å². The van der Waals surface area contributed by atoms with Gasteiger partial charge < -0.3 is 55.9 Å². The summed E-state index contributed by atoms with van der Waals surface area (Å²) in [5.74, 6) is -3.82. The topological polar surface area (TPSA) is 316 Å². The molecule has 452 valence electrons. The van der Waals surface area contributed by atoms with Crippen molar-refractivity contribution in [3.8, 4) is 0 Å². The number of nitrogens with zero attached hydrogens (tertiary/aromatic N) is 4. The number of aromatic nitrogens is 8. The monoisotopic (exact) mass is 1180 g/mol. The smallest absolute Gasteiger partial charge is 0.303 e. The second-order valence-electron chi connectivity index (χ2n) is 23.6. The van der Waals surface area contributed by atoms with Gasteiger partial charge in [-0.3, -0.25) is 19.2 Å². The number of hydrogen-bond donors (Lipinski definition) is 11. The minimum Gasteiger partial charge on any atom is -0.481 e. The number of nitrogens with one attached hydrogen (secondary N) is 5. The van der Waals surface area contributed by atoms with Crippen molar-refractivity contribution in [2.45, 2.75) is 159 Å². The Balaban J connectivity index is 1.20. The predicted molar refractivity (Wildman–Crippen MR) is 340 cm³/mol. The van der Waals surface area contributed by atoms with E-state index in [2.05, 4.69) is 39.1 Å². The summed E-state index contributed by atoms with van der Waals surface area (Å²) in [6.45, 7) is 23.3. The van der Waals surface area contributed by atoms with Gasteiger partial charge in [0.05, 0.1) is 57.8 Å². The molecule has 87 heavy (non-hydrogen) atoms. The van der Waals surface area contributed by atoms with Gasteiger partial charge in [-0.1, -0.05) is 0 Å². The third-order valence-electron chi connectivity index (χ3n) is 17.8. The molecule has 6 aromatic heterocycles. The van der Waals surface area contributed by atoms with Gasteiger partial charge in [0.1, 0.15) is 0 Å². The normalized spacial score (nSPS) is 15.0. The van der Waals surface area contributed by atoms with Crippen LogP contribution in [0.3, 0.4) is 0 Å². The number of aliphatic hydroxyl groups is 2. The summed E-state index contributed by atoms with van der Waals surface area (Å²) in [4.78, 5) is 83.5. The number of aromatic amines is 4. The van der Waals surface area contributed by atoms with E-state index >= 15 is 0 Å². The van der Waals surface area contributed by atoms with Crippen molar-refractivity contribution in [2.75, 3.05) is 0 Å². The first kappa shape index (κ1) is 61.1. The molecule has 4 aliphatic heterocycles. The fraction of sp³-hybridized carbons (Fsp3) is 0.353. The molecule has 0 radical (unpaired) electrons. The Kier molecular flexibility index (Phi) is 16.9. The second-order valence-corrected chi connectivity index (χ2v) is 23.6. The quantitative estimate of drug-likeness (QED) is 0.0381. The van der Waals surface area contributed by atoms with E-state index in [9.17, 15) is 49.8 Å². The van der Waals surface area contributed by atoms with Crippen LogP contribution in [0.25, 0.3) is 88.7 Å². The zero-order valence-corrected chi connectivity index (χ0v) is 51.2. The Morgan fingerprint density at radius 3 is 0.839 bits per heavy atom. The van der Waals surface area contributed by atoms with Crippen LogP contribution in [0.15, 0.2) is 48.5 Å². The molecule has 0 saturated carbocycles. The van der Waals surface area contributed by atoms with E-state index in [1.54, 1.807) is 13.8 Å². The van der Waals surface area contributed by atoms with E-state index in [0.29, 0.717) is 67.7 Å². The molecule has 19 heteroatoms. The first-order chi connectivity index (χ1) is 41.2. The molecule has 4 atom stereocenters. The molecule has 0 amide bonds. The SMILES string of the molecule is CC1=C(CCC(=O)O)c2cc3nc(cc4[nH]c(cc5[nH]c(cc1n2)c(C)c5C(C)O)c(C)c4C(C)NC(C)c1c(C)c2cc4[nH]c(cc5nc(cc6nc(cc1[nH]2)C(C)=C6CCC(=O)O)C(CCC(=O)O)=C5C)c(C)c4C(C)O)C(C)=C3CCC(=O)O. The lowest BCUT2D eigenvalue weighted by atomic mass is 9.97. The van der Waals surface area contributed by atoms with Crippen molar-refractivity contribution < 1.29 is 49.8 Å². The lowest BCUT2D eigenvalue weighted by Crippen LogP contribution is -2.23. The van der Waals surface area contributed by atoms with Crippen LogP contribution in [0.2, 0.25) is 0 Å². The molecule has 10 rings (SSSR count). The highest BCUT2D eigenvalue weighted by atomic mass is 16.4.